The van der Waals surface area contributed by atoms with Gasteiger partial charge in [0.05, 0.1) is 11.2 Å². The van der Waals surface area contributed by atoms with Gasteiger partial charge in [-0.15, -0.1) is 0 Å². The lowest BCUT2D eigenvalue weighted by atomic mass is 9.64. The van der Waals surface area contributed by atoms with Gasteiger partial charge >= 0.3 is 7.12 Å². The number of amides is 2. The first kappa shape index (κ1) is 28.5. The monoisotopic (exact) mass is 491 g/mol. The van der Waals surface area contributed by atoms with Crippen molar-refractivity contribution in [1.29, 1.82) is 0 Å². The maximum Gasteiger partial charge on any atom is 0.457 e. The average Bonchev–Trinajstić information content (AvgIpc) is 2.93. The van der Waals surface area contributed by atoms with E-state index in [-0.39, 0.29) is 41.6 Å². The second-order valence-corrected chi connectivity index (χ2v) is 13.3. The summed E-state index contributed by atoms with van der Waals surface area (Å²) in [5.41, 5.74) is -1.93. The number of rotatable bonds is 7. The lowest BCUT2D eigenvalue weighted by Gasteiger charge is -2.48. The highest BCUT2D eigenvalue weighted by Crippen LogP contribution is 2.43. The van der Waals surface area contributed by atoms with Crippen LogP contribution in [0.5, 0.6) is 0 Å². The second-order valence-electron chi connectivity index (χ2n) is 13.3. The Labute approximate surface area is 214 Å². The van der Waals surface area contributed by atoms with Crippen LogP contribution in [-0.2, 0) is 18.9 Å². The highest BCUT2D eigenvalue weighted by atomic mass is 16.7. The molecule has 3 fully saturated rings. The van der Waals surface area contributed by atoms with Gasteiger partial charge in [-0.1, -0.05) is 12.8 Å². The van der Waals surface area contributed by atoms with E-state index in [0.717, 1.165) is 45.2 Å². The standard InChI is InChI=1S/C27H50BN3O4/c1-20(32)29-27(23(33)30-24(2,3)4)18-21(12-13-22(27)19-31-16-10-9-11-17-31)14-15-28-34-25(5,6)26(7,8)35-28/h21-22H,9-19H2,1-8H3,(H,29,32)(H,30,33). The minimum absolute atomic E-state index is 0.0393. The molecule has 1 aliphatic carbocycles. The Balaban J connectivity index is 1.78. The molecular formula is C27H50BN3O4. The van der Waals surface area contributed by atoms with Crippen LogP contribution < -0.4 is 10.6 Å². The summed E-state index contributed by atoms with van der Waals surface area (Å²) in [6.45, 7) is 18.9. The van der Waals surface area contributed by atoms with Gasteiger partial charge in [-0.25, -0.2) is 0 Å². The van der Waals surface area contributed by atoms with Gasteiger partial charge in [0.1, 0.15) is 5.54 Å². The Bertz CT molecular complexity index is 744. The van der Waals surface area contributed by atoms with E-state index < -0.39 is 5.54 Å². The molecule has 3 aliphatic rings. The minimum Gasteiger partial charge on any atom is -0.403 e. The van der Waals surface area contributed by atoms with Crippen LogP contribution >= 0.6 is 0 Å². The number of likely N-dealkylation sites (tertiary alicyclic amines) is 1. The fraction of sp³-hybridized carbons (Fsp3) is 0.926. The quantitative estimate of drug-likeness (QED) is 0.523. The molecule has 2 saturated heterocycles. The summed E-state index contributed by atoms with van der Waals surface area (Å²) in [4.78, 5) is 28.9. The number of carbonyl (C=O) groups is 2. The summed E-state index contributed by atoms with van der Waals surface area (Å²) in [5, 5.41) is 6.42. The maximum atomic E-state index is 13.9. The van der Waals surface area contributed by atoms with Crippen LogP contribution in [0.15, 0.2) is 0 Å². The first-order valence-electron chi connectivity index (χ1n) is 13.8. The van der Waals surface area contributed by atoms with E-state index in [2.05, 4.69) is 43.2 Å². The van der Waals surface area contributed by atoms with Crippen molar-refractivity contribution in [2.75, 3.05) is 19.6 Å². The molecule has 0 bridgehead atoms. The van der Waals surface area contributed by atoms with Crippen LogP contribution in [0.2, 0.25) is 6.32 Å². The highest BCUT2D eigenvalue weighted by Gasteiger charge is 2.53. The minimum atomic E-state index is -0.893. The maximum absolute atomic E-state index is 13.9. The number of hydrogen-bond acceptors (Lipinski definition) is 5. The Morgan fingerprint density at radius 1 is 1.00 bits per heavy atom. The number of piperidine rings is 1. The first-order valence-corrected chi connectivity index (χ1v) is 13.8. The molecule has 8 heteroatoms. The Morgan fingerprint density at radius 2 is 1.60 bits per heavy atom. The lowest BCUT2D eigenvalue weighted by Crippen LogP contribution is -2.68. The van der Waals surface area contributed by atoms with E-state index >= 15 is 0 Å². The Kier molecular flexibility index (Phi) is 8.70. The highest BCUT2D eigenvalue weighted by molar-refractivity contribution is 6.45. The lowest BCUT2D eigenvalue weighted by molar-refractivity contribution is -0.140. The SMILES string of the molecule is CC(=O)NC1(C(=O)NC(C)(C)C)CC(CCB2OC(C)(C)C(C)(C)O2)CCC1CN1CCCCC1. The Morgan fingerprint density at radius 3 is 2.14 bits per heavy atom. The summed E-state index contributed by atoms with van der Waals surface area (Å²) < 4.78 is 12.5. The van der Waals surface area contributed by atoms with Crippen molar-refractivity contribution in [2.24, 2.45) is 11.8 Å². The molecular weight excluding hydrogens is 441 g/mol. The molecule has 0 aromatic carbocycles. The normalized spacial score (nSPS) is 31.3. The van der Waals surface area contributed by atoms with Crippen LogP contribution in [0.4, 0.5) is 0 Å². The molecule has 1 saturated carbocycles. The van der Waals surface area contributed by atoms with Gasteiger partial charge in [0, 0.05) is 24.9 Å². The molecule has 2 N–H and O–H groups in total. The van der Waals surface area contributed by atoms with Gasteiger partial charge in [0.25, 0.3) is 0 Å². The van der Waals surface area contributed by atoms with Crippen LogP contribution in [0.1, 0.15) is 100 Å². The van der Waals surface area contributed by atoms with Crippen LogP contribution in [0.3, 0.4) is 0 Å². The summed E-state index contributed by atoms with van der Waals surface area (Å²) >= 11 is 0. The fourth-order valence-electron chi connectivity index (χ4n) is 6.06. The third-order valence-corrected chi connectivity index (χ3v) is 8.56. The molecule has 0 aromatic heterocycles. The number of hydrogen-bond donors (Lipinski definition) is 2. The molecule has 3 rings (SSSR count). The largest absolute Gasteiger partial charge is 0.457 e. The molecule has 2 heterocycles. The van der Waals surface area contributed by atoms with Crippen molar-refractivity contribution in [3.63, 3.8) is 0 Å². The topological polar surface area (TPSA) is 79.9 Å². The molecule has 0 radical (unpaired) electrons. The molecule has 200 valence electrons. The zero-order valence-corrected chi connectivity index (χ0v) is 23.6. The Hall–Kier alpha value is -1.12. The van der Waals surface area contributed by atoms with Crippen molar-refractivity contribution in [2.45, 2.75) is 129 Å². The second kappa shape index (κ2) is 10.7. The number of nitrogens with zero attached hydrogens (tertiary/aromatic N) is 1. The predicted molar refractivity (Wildman–Crippen MR) is 141 cm³/mol. The molecule has 3 unspecified atom stereocenters. The molecule has 7 nitrogen and oxygen atoms in total. The van der Waals surface area contributed by atoms with E-state index in [9.17, 15) is 9.59 Å². The third kappa shape index (κ3) is 7.01. The van der Waals surface area contributed by atoms with Gasteiger partial charge in [-0.05, 0) is 106 Å². The number of nitrogens with one attached hydrogen (secondary N) is 2. The van der Waals surface area contributed by atoms with Crippen LogP contribution in [-0.4, -0.2) is 65.7 Å². The number of carbonyl (C=O) groups excluding carboxylic acids is 2. The van der Waals surface area contributed by atoms with Crippen molar-refractivity contribution in [3.05, 3.63) is 0 Å². The van der Waals surface area contributed by atoms with E-state index in [1.807, 2.05) is 20.8 Å². The van der Waals surface area contributed by atoms with Crippen molar-refractivity contribution < 1.29 is 18.9 Å². The smallest absolute Gasteiger partial charge is 0.403 e. The van der Waals surface area contributed by atoms with E-state index in [4.69, 9.17) is 9.31 Å². The first-order chi connectivity index (χ1) is 16.1. The average molecular weight is 492 g/mol. The van der Waals surface area contributed by atoms with Crippen molar-refractivity contribution >= 4 is 18.9 Å². The van der Waals surface area contributed by atoms with E-state index in [1.54, 1.807) is 0 Å². The summed E-state index contributed by atoms with van der Waals surface area (Å²) in [5.74, 6) is 0.246. The van der Waals surface area contributed by atoms with E-state index in [0.29, 0.717) is 12.3 Å². The summed E-state index contributed by atoms with van der Waals surface area (Å²) in [7, 11) is -0.232. The summed E-state index contributed by atoms with van der Waals surface area (Å²) in [6.07, 6.45) is 8.07. The fourth-order valence-corrected chi connectivity index (χ4v) is 6.06. The van der Waals surface area contributed by atoms with Crippen molar-refractivity contribution in [3.8, 4) is 0 Å². The molecule has 3 atom stereocenters. The molecule has 35 heavy (non-hydrogen) atoms. The van der Waals surface area contributed by atoms with E-state index in [1.165, 1.54) is 26.2 Å². The predicted octanol–water partition coefficient (Wildman–Crippen LogP) is 4.16. The zero-order chi connectivity index (χ0) is 26.1. The zero-order valence-electron chi connectivity index (χ0n) is 23.6. The molecule has 2 amide bonds. The van der Waals surface area contributed by atoms with Crippen molar-refractivity contribution in [1.82, 2.24) is 15.5 Å². The van der Waals surface area contributed by atoms with Gasteiger partial charge in [-0.3, -0.25) is 9.59 Å². The summed E-state index contributed by atoms with van der Waals surface area (Å²) in [6, 6.07) is 0. The molecule has 2 aliphatic heterocycles. The van der Waals surface area contributed by atoms with Gasteiger partial charge in [0.15, 0.2) is 0 Å². The van der Waals surface area contributed by atoms with Crippen LogP contribution in [0, 0.1) is 11.8 Å². The molecule has 0 aromatic rings. The third-order valence-electron chi connectivity index (χ3n) is 8.56. The van der Waals surface area contributed by atoms with Gasteiger partial charge < -0.3 is 24.8 Å². The van der Waals surface area contributed by atoms with Gasteiger partial charge in [-0.2, -0.15) is 0 Å². The van der Waals surface area contributed by atoms with Gasteiger partial charge in [0.2, 0.25) is 11.8 Å². The molecule has 0 spiro atoms. The van der Waals surface area contributed by atoms with Crippen LogP contribution in [0.25, 0.3) is 0 Å².